The van der Waals surface area contributed by atoms with Crippen molar-refractivity contribution in [2.24, 2.45) is 0 Å². The van der Waals surface area contributed by atoms with Crippen molar-refractivity contribution >= 4 is 29.0 Å². The Morgan fingerprint density at radius 3 is 1.73 bits per heavy atom. The lowest BCUT2D eigenvalue weighted by molar-refractivity contribution is -0.120. The molecule has 11 heavy (non-hydrogen) atoms. The van der Waals surface area contributed by atoms with Crippen LogP contribution >= 0.6 is 23.2 Å². The molecule has 3 heteroatoms. The minimum Gasteiger partial charge on any atom is -0.300 e. The van der Waals surface area contributed by atoms with Crippen LogP contribution in [-0.4, -0.2) is 10.6 Å². The van der Waals surface area contributed by atoms with E-state index in [1.165, 1.54) is 6.42 Å². The van der Waals surface area contributed by atoms with Gasteiger partial charge in [0.15, 0.2) is 0 Å². The van der Waals surface area contributed by atoms with E-state index >= 15 is 0 Å². The SMILES string of the molecule is CC(Cl)Cl.O=C1CCCCC1. The highest BCUT2D eigenvalue weighted by Gasteiger charge is 2.05. The fourth-order valence-electron chi connectivity index (χ4n) is 0.946. The van der Waals surface area contributed by atoms with Gasteiger partial charge in [-0.2, -0.15) is 0 Å². The monoisotopic (exact) mass is 196 g/mol. The van der Waals surface area contributed by atoms with Gasteiger partial charge in [0, 0.05) is 12.8 Å². The molecule has 0 heterocycles. The summed E-state index contributed by atoms with van der Waals surface area (Å²) in [6.45, 7) is 1.70. The van der Waals surface area contributed by atoms with Crippen LogP contribution in [0.4, 0.5) is 0 Å². The Morgan fingerprint density at radius 1 is 1.18 bits per heavy atom. The quantitative estimate of drug-likeness (QED) is 0.544. The van der Waals surface area contributed by atoms with E-state index in [9.17, 15) is 4.79 Å². The van der Waals surface area contributed by atoms with Gasteiger partial charge >= 0.3 is 0 Å². The van der Waals surface area contributed by atoms with Gasteiger partial charge in [-0.25, -0.2) is 0 Å². The third-order valence-electron chi connectivity index (χ3n) is 1.41. The van der Waals surface area contributed by atoms with Crippen molar-refractivity contribution in [2.45, 2.75) is 43.9 Å². The number of hydrogen-bond acceptors (Lipinski definition) is 1. The highest BCUT2D eigenvalue weighted by atomic mass is 35.5. The van der Waals surface area contributed by atoms with Crippen molar-refractivity contribution in [1.82, 2.24) is 0 Å². The van der Waals surface area contributed by atoms with Crippen LogP contribution in [0.15, 0.2) is 0 Å². The number of Topliss-reactive ketones (excluding diaryl/α,β-unsaturated/α-hetero) is 1. The molecule has 1 nitrogen and oxygen atoms in total. The zero-order valence-corrected chi connectivity index (χ0v) is 8.29. The lowest BCUT2D eigenvalue weighted by atomic mass is 10.00. The molecule has 0 aromatic carbocycles. The minimum atomic E-state index is -0.222. The molecule has 1 aliphatic rings. The van der Waals surface area contributed by atoms with E-state index in [1.807, 2.05) is 0 Å². The lowest BCUT2D eigenvalue weighted by Crippen LogP contribution is -2.02. The number of rotatable bonds is 0. The van der Waals surface area contributed by atoms with Gasteiger partial charge in [-0.05, 0) is 19.8 Å². The van der Waals surface area contributed by atoms with E-state index in [0.29, 0.717) is 5.78 Å². The van der Waals surface area contributed by atoms with E-state index in [4.69, 9.17) is 23.2 Å². The first-order valence-electron chi connectivity index (χ1n) is 3.93. The van der Waals surface area contributed by atoms with Gasteiger partial charge in [0.05, 0.1) is 0 Å². The predicted octanol–water partition coefficient (Wildman–Crippen LogP) is 3.33. The molecule has 0 aromatic heterocycles. The van der Waals surface area contributed by atoms with Crippen LogP contribution in [0.5, 0.6) is 0 Å². The van der Waals surface area contributed by atoms with Crippen LogP contribution in [0.2, 0.25) is 0 Å². The highest BCUT2D eigenvalue weighted by Crippen LogP contribution is 2.12. The van der Waals surface area contributed by atoms with Crippen molar-refractivity contribution in [1.29, 1.82) is 0 Å². The van der Waals surface area contributed by atoms with E-state index in [0.717, 1.165) is 25.7 Å². The van der Waals surface area contributed by atoms with Gasteiger partial charge in [-0.1, -0.05) is 6.42 Å². The van der Waals surface area contributed by atoms with Crippen LogP contribution < -0.4 is 0 Å². The minimum absolute atomic E-state index is 0.222. The third-order valence-corrected chi connectivity index (χ3v) is 1.41. The van der Waals surface area contributed by atoms with Crippen LogP contribution in [0.25, 0.3) is 0 Å². The Kier molecular flexibility index (Phi) is 7.09. The predicted molar refractivity (Wildman–Crippen MR) is 49.3 cm³/mol. The van der Waals surface area contributed by atoms with Gasteiger partial charge < -0.3 is 0 Å². The first kappa shape index (κ1) is 11.2. The van der Waals surface area contributed by atoms with Crippen LogP contribution in [0.3, 0.4) is 0 Å². The summed E-state index contributed by atoms with van der Waals surface area (Å²) in [6, 6.07) is 0. The molecule has 0 saturated heterocycles. The van der Waals surface area contributed by atoms with Crippen LogP contribution in [-0.2, 0) is 4.79 Å². The lowest BCUT2D eigenvalue weighted by Gasteiger charge is -2.05. The molecule has 1 fully saturated rings. The first-order chi connectivity index (χ1) is 5.13. The van der Waals surface area contributed by atoms with E-state index in [2.05, 4.69) is 0 Å². The molecule has 66 valence electrons. The van der Waals surface area contributed by atoms with Crippen molar-refractivity contribution in [3.8, 4) is 0 Å². The Hall–Kier alpha value is 0.250. The third kappa shape index (κ3) is 10.2. The van der Waals surface area contributed by atoms with E-state index < -0.39 is 0 Å². The summed E-state index contributed by atoms with van der Waals surface area (Å²) in [7, 11) is 0. The standard InChI is InChI=1S/C6H10O.C2H4Cl2/c7-6-4-2-1-3-5-6;1-2(3)4/h1-5H2;2H,1H3. The molecule has 0 atom stereocenters. The van der Waals surface area contributed by atoms with Crippen molar-refractivity contribution in [2.75, 3.05) is 0 Å². The zero-order chi connectivity index (χ0) is 8.69. The zero-order valence-electron chi connectivity index (χ0n) is 6.78. The fourth-order valence-corrected chi connectivity index (χ4v) is 0.946. The van der Waals surface area contributed by atoms with E-state index in [-0.39, 0.29) is 4.84 Å². The molecular weight excluding hydrogens is 183 g/mol. The number of halogens is 2. The molecule has 0 N–H and O–H groups in total. The topological polar surface area (TPSA) is 17.1 Å². The second kappa shape index (κ2) is 6.93. The average molecular weight is 197 g/mol. The second-order valence-corrected chi connectivity index (χ2v) is 4.15. The van der Waals surface area contributed by atoms with Gasteiger partial charge in [0.1, 0.15) is 10.6 Å². The molecule has 1 saturated carbocycles. The Bertz CT molecular complexity index is 102. The highest BCUT2D eigenvalue weighted by molar-refractivity contribution is 6.43. The maximum absolute atomic E-state index is 10.5. The van der Waals surface area contributed by atoms with Gasteiger partial charge in [0.25, 0.3) is 0 Å². The summed E-state index contributed by atoms with van der Waals surface area (Å²) in [5, 5.41) is 0. The van der Waals surface area contributed by atoms with Crippen molar-refractivity contribution in [3.63, 3.8) is 0 Å². The Morgan fingerprint density at radius 2 is 1.55 bits per heavy atom. The number of carbonyl (C=O) groups is 1. The number of ketones is 1. The Labute approximate surface area is 78.1 Å². The molecule has 0 amide bonds. The molecule has 0 radical (unpaired) electrons. The Balaban J connectivity index is 0.000000218. The number of alkyl halides is 2. The molecule has 0 bridgehead atoms. The molecule has 0 aliphatic heterocycles. The molecule has 0 spiro atoms. The summed E-state index contributed by atoms with van der Waals surface area (Å²) in [5.74, 6) is 0.464. The first-order valence-corrected chi connectivity index (χ1v) is 4.80. The summed E-state index contributed by atoms with van der Waals surface area (Å²) in [6.07, 6.45) is 5.24. The molecule has 0 unspecified atom stereocenters. The number of carbonyl (C=O) groups excluding carboxylic acids is 1. The smallest absolute Gasteiger partial charge is 0.132 e. The van der Waals surface area contributed by atoms with Gasteiger partial charge in [-0.3, -0.25) is 4.79 Å². The maximum atomic E-state index is 10.5. The van der Waals surface area contributed by atoms with Crippen molar-refractivity contribution in [3.05, 3.63) is 0 Å². The van der Waals surface area contributed by atoms with E-state index in [1.54, 1.807) is 6.92 Å². The van der Waals surface area contributed by atoms with Gasteiger partial charge in [-0.15, -0.1) is 23.2 Å². The largest absolute Gasteiger partial charge is 0.300 e. The maximum Gasteiger partial charge on any atom is 0.132 e. The summed E-state index contributed by atoms with van der Waals surface area (Å²) in [5.41, 5.74) is 0. The van der Waals surface area contributed by atoms with Crippen LogP contribution in [0.1, 0.15) is 39.0 Å². The fraction of sp³-hybridized carbons (Fsp3) is 0.875. The number of hydrogen-bond donors (Lipinski definition) is 0. The molecular formula is C8H14Cl2O. The molecule has 1 rings (SSSR count). The normalized spacial score (nSPS) is 17.6. The molecule has 0 aromatic rings. The summed E-state index contributed by atoms with van der Waals surface area (Å²) < 4.78 is 0. The summed E-state index contributed by atoms with van der Waals surface area (Å²) in [4.78, 5) is 10.2. The second-order valence-electron chi connectivity index (χ2n) is 2.62. The summed E-state index contributed by atoms with van der Waals surface area (Å²) >= 11 is 10.1. The van der Waals surface area contributed by atoms with Gasteiger partial charge in [0.2, 0.25) is 0 Å². The average Bonchev–Trinajstić information content (AvgIpc) is 1.87. The molecule has 1 aliphatic carbocycles. The van der Waals surface area contributed by atoms with Crippen LogP contribution in [0, 0.1) is 0 Å². The van der Waals surface area contributed by atoms with Crippen molar-refractivity contribution < 1.29 is 4.79 Å².